The molecule has 114 valence electrons. The van der Waals surface area contributed by atoms with Crippen LogP contribution in [0.2, 0.25) is 0 Å². The van der Waals surface area contributed by atoms with Crippen LogP contribution in [0.3, 0.4) is 0 Å². The van der Waals surface area contributed by atoms with Gasteiger partial charge in [0.25, 0.3) is 5.91 Å². The zero-order valence-electron chi connectivity index (χ0n) is 12.9. The molecule has 21 heavy (non-hydrogen) atoms. The highest BCUT2D eigenvalue weighted by Crippen LogP contribution is 2.48. The third-order valence-corrected chi connectivity index (χ3v) is 4.69. The fourth-order valence-corrected chi connectivity index (χ4v) is 3.17. The van der Waals surface area contributed by atoms with Gasteiger partial charge in [-0.15, -0.1) is 0 Å². The summed E-state index contributed by atoms with van der Waals surface area (Å²) in [4.78, 5) is 12.5. The lowest BCUT2D eigenvalue weighted by Crippen LogP contribution is -2.31. The fourth-order valence-electron chi connectivity index (χ4n) is 3.17. The van der Waals surface area contributed by atoms with Crippen LogP contribution in [0, 0.1) is 17.8 Å². The monoisotopic (exact) mass is 286 g/mol. The maximum absolute atomic E-state index is 12.5. The van der Waals surface area contributed by atoms with Gasteiger partial charge in [-0.1, -0.05) is 19.1 Å². The fraction of sp³-hybridized carbons (Fsp3) is 0.611. The van der Waals surface area contributed by atoms with Crippen LogP contribution < -0.4 is 10.6 Å². The Morgan fingerprint density at radius 1 is 1.19 bits per heavy atom. The lowest BCUT2D eigenvalue weighted by atomic mass is 9.98. The maximum Gasteiger partial charge on any atom is 0.253 e. The number of para-hydroxylation sites is 1. The minimum Gasteiger partial charge on any atom is -0.384 e. The van der Waals surface area contributed by atoms with E-state index in [1.54, 1.807) is 0 Å². The molecule has 0 bridgehead atoms. The average Bonchev–Trinajstić information content (AvgIpc) is 3.38. The van der Waals surface area contributed by atoms with Gasteiger partial charge in [-0.05, 0) is 62.0 Å². The molecule has 0 saturated heterocycles. The van der Waals surface area contributed by atoms with Crippen molar-refractivity contribution < 1.29 is 4.79 Å². The van der Waals surface area contributed by atoms with Crippen molar-refractivity contribution in [2.75, 3.05) is 18.4 Å². The first-order valence-electron chi connectivity index (χ1n) is 8.40. The van der Waals surface area contributed by atoms with Crippen LogP contribution in [0.15, 0.2) is 24.3 Å². The number of benzene rings is 1. The van der Waals surface area contributed by atoms with Gasteiger partial charge in [0.2, 0.25) is 0 Å². The van der Waals surface area contributed by atoms with E-state index in [0.29, 0.717) is 0 Å². The van der Waals surface area contributed by atoms with Gasteiger partial charge in [0.15, 0.2) is 0 Å². The molecule has 2 saturated carbocycles. The number of amides is 1. The van der Waals surface area contributed by atoms with Crippen LogP contribution in [-0.2, 0) is 0 Å². The molecule has 2 N–H and O–H groups in total. The summed E-state index contributed by atoms with van der Waals surface area (Å²) in [6.45, 7) is 3.89. The van der Waals surface area contributed by atoms with Crippen molar-refractivity contribution >= 4 is 11.6 Å². The van der Waals surface area contributed by atoms with E-state index in [0.717, 1.165) is 48.5 Å². The molecule has 1 aromatic rings. The molecule has 0 unspecified atom stereocenters. The van der Waals surface area contributed by atoms with E-state index in [2.05, 4.69) is 17.6 Å². The summed E-state index contributed by atoms with van der Waals surface area (Å²) in [7, 11) is 0. The number of hydrogen-bond donors (Lipinski definition) is 2. The number of hydrogen-bond acceptors (Lipinski definition) is 2. The van der Waals surface area contributed by atoms with Crippen molar-refractivity contribution in [3.05, 3.63) is 29.8 Å². The van der Waals surface area contributed by atoms with Gasteiger partial charge in [-0.3, -0.25) is 4.79 Å². The zero-order valence-corrected chi connectivity index (χ0v) is 12.9. The van der Waals surface area contributed by atoms with E-state index in [9.17, 15) is 4.79 Å². The van der Waals surface area contributed by atoms with Crippen LogP contribution in [0.25, 0.3) is 0 Å². The minimum atomic E-state index is 0.0699. The van der Waals surface area contributed by atoms with Crippen molar-refractivity contribution in [2.24, 2.45) is 17.8 Å². The number of rotatable bonds is 8. The molecule has 0 atom stereocenters. The molecule has 0 radical (unpaired) electrons. The first-order chi connectivity index (χ1) is 10.3. The van der Waals surface area contributed by atoms with E-state index in [-0.39, 0.29) is 5.91 Å². The smallest absolute Gasteiger partial charge is 0.253 e. The average molecular weight is 286 g/mol. The highest BCUT2D eigenvalue weighted by molar-refractivity contribution is 5.99. The van der Waals surface area contributed by atoms with Gasteiger partial charge in [0, 0.05) is 18.8 Å². The minimum absolute atomic E-state index is 0.0699. The van der Waals surface area contributed by atoms with Crippen molar-refractivity contribution in [1.82, 2.24) is 5.32 Å². The Balaban J connectivity index is 1.59. The first-order valence-corrected chi connectivity index (χ1v) is 8.40. The predicted octanol–water partition coefficient (Wildman–Crippen LogP) is 3.67. The molecule has 0 spiro atoms. The summed E-state index contributed by atoms with van der Waals surface area (Å²) in [6, 6.07) is 7.82. The Labute approximate surface area is 127 Å². The summed E-state index contributed by atoms with van der Waals surface area (Å²) in [5, 5.41) is 6.52. The van der Waals surface area contributed by atoms with E-state index in [4.69, 9.17) is 0 Å². The highest BCUT2D eigenvalue weighted by Gasteiger charge is 2.41. The summed E-state index contributed by atoms with van der Waals surface area (Å²) in [5.74, 6) is 2.56. The SMILES string of the molecule is CCCNc1ccccc1C(=O)NCC(C1CC1)C1CC1. The van der Waals surface area contributed by atoms with Gasteiger partial charge < -0.3 is 10.6 Å². The number of carbonyl (C=O) groups excluding carboxylic acids is 1. The second-order valence-corrected chi connectivity index (χ2v) is 6.52. The summed E-state index contributed by atoms with van der Waals surface area (Å²) in [5.41, 5.74) is 1.72. The summed E-state index contributed by atoms with van der Waals surface area (Å²) >= 11 is 0. The largest absolute Gasteiger partial charge is 0.384 e. The Bertz CT molecular complexity index is 480. The molecule has 0 aliphatic heterocycles. The quantitative estimate of drug-likeness (QED) is 0.765. The van der Waals surface area contributed by atoms with E-state index in [1.165, 1.54) is 25.7 Å². The second-order valence-electron chi connectivity index (χ2n) is 6.52. The zero-order chi connectivity index (χ0) is 14.7. The Hall–Kier alpha value is -1.51. The van der Waals surface area contributed by atoms with Crippen molar-refractivity contribution in [3.63, 3.8) is 0 Å². The van der Waals surface area contributed by atoms with E-state index >= 15 is 0 Å². The molecule has 2 aliphatic rings. The summed E-state index contributed by atoms with van der Waals surface area (Å²) < 4.78 is 0. The lowest BCUT2D eigenvalue weighted by molar-refractivity contribution is 0.0944. The van der Waals surface area contributed by atoms with E-state index in [1.807, 2.05) is 24.3 Å². The maximum atomic E-state index is 12.5. The van der Waals surface area contributed by atoms with Crippen LogP contribution in [0.5, 0.6) is 0 Å². The Morgan fingerprint density at radius 2 is 1.86 bits per heavy atom. The Kier molecular flexibility index (Phi) is 4.47. The molecular formula is C18H26N2O. The highest BCUT2D eigenvalue weighted by atomic mass is 16.1. The first kappa shape index (κ1) is 14.4. The molecule has 2 fully saturated rings. The van der Waals surface area contributed by atoms with Gasteiger partial charge in [-0.2, -0.15) is 0 Å². The van der Waals surface area contributed by atoms with E-state index < -0.39 is 0 Å². The standard InChI is InChI=1S/C18H26N2O/c1-2-11-19-17-6-4-3-5-15(17)18(21)20-12-16(13-7-8-13)14-9-10-14/h3-6,13-14,16,19H,2,7-12H2,1H3,(H,20,21). The molecule has 0 aromatic heterocycles. The van der Waals surface area contributed by atoms with Crippen molar-refractivity contribution in [2.45, 2.75) is 39.0 Å². The van der Waals surface area contributed by atoms with Crippen LogP contribution in [-0.4, -0.2) is 19.0 Å². The Morgan fingerprint density at radius 3 is 2.48 bits per heavy atom. The molecule has 3 rings (SSSR count). The third-order valence-electron chi connectivity index (χ3n) is 4.69. The number of anilines is 1. The third kappa shape index (κ3) is 3.78. The van der Waals surface area contributed by atoms with Crippen LogP contribution >= 0.6 is 0 Å². The molecule has 3 nitrogen and oxygen atoms in total. The van der Waals surface area contributed by atoms with Gasteiger partial charge in [-0.25, -0.2) is 0 Å². The van der Waals surface area contributed by atoms with Gasteiger partial charge >= 0.3 is 0 Å². The van der Waals surface area contributed by atoms with Crippen molar-refractivity contribution in [3.8, 4) is 0 Å². The molecule has 1 amide bonds. The second kappa shape index (κ2) is 6.50. The normalized spacial score (nSPS) is 17.8. The molecular weight excluding hydrogens is 260 g/mol. The molecule has 2 aliphatic carbocycles. The number of carbonyl (C=O) groups is 1. The summed E-state index contributed by atoms with van der Waals surface area (Å²) in [6.07, 6.45) is 6.52. The lowest BCUT2D eigenvalue weighted by Gasteiger charge is -2.17. The van der Waals surface area contributed by atoms with Gasteiger partial charge in [0.05, 0.1) is 5.56 Å². The topological polar surface area (TPSA) is 41.1 Å². The van der Waals surface area contributed by atoms with Crippen LogP contribution in [0.1, 0.15) is 49.4 Å². The molecule has 3 heteroatoms. The van der Waals surface area contributed by atoms with Gasteiger partial charge in [0.1, 0.15) is 0 Å². The van der Waals surface area contributed by atoms with Crippen LogP contribution in [0.4, 0.5) is 5.69 Å². The predicted molar refractivity (Wildman–Crippen MR) is 86.5 cm³/mol. The number of nitrogens with one attached hydrogen (secondary N) is 2. The molecule has 0 heterocycles. The molecule has 1 aromatic carbocycles. The van der Waals surface area contributed by atoms with Crippen molar-refractivity contribution in [1.29, 1.82) is 0 Å².